The van der Waals surface area contributed by atoms with E-state index < -0.39 is 7.12 Å². The maximum Gasteiger partial charge on any atom is 0.498 e. The summed E-state index contributed by atoms with van der Waals surface area (Å²) in [6, 6.07) is 5.56. The molecule has 0 amide bonds. The highest BCUT2D eigenvalue weighted by molar-refractivity contribution is 6.63. The molecule has 0 spiro atoms. The van der Waals surface area contributed by atoms with Crippen molar-refractivity contribution in [2.45, 2.75) is 38.9 Å². The van der Waals surface area contributed by atoms with Gasteiger partial charge in [0, 0.05) is 5.46 Å². The van der Waals surface area contributed by atoms with Crippen molar-refractivity contribution in [2.24, 2.45) is 0 Å². The maximum atomic E-state index is 6.11. The molecule has 18 heavy (non-hydrogen) atoms. The molecule has 1 fully saturated rings. The minimum absolute atomic E-state index is 0.370. The number of ether oxygens (including phenoxy) is 1. The van der Waals surface area contributed by atoms with Gasteiger partial charge in [-0.15, -0.1) is 0 Å². The highest BCUT2D eigenvalue weighted by Crippen LogP contribution is 2.37. The van der Waals surface area contributed by atoms with Gasteiger partial charge in [-0.1, -0.05) is 23.7 Å². The number of para-hydroxylation sites is 1. The lowest BCUT2D eigenvalue weighted by atomic mass is 9.78. The lowest BCUT2D eigenvalue weighted by Crippen LogP contribution is -2.41. The van der Waals surface area contributed by atoms with Crippen LogP contribution >= 0.6 is 11.6 Å². The van der Waals surface area contributed by atoms with E-state index in [1.807, 2.05) is 39.8 Å². The molecule has 1 aliphatic heterocycles. The van der Waals surface area contributed by atoms with Crippen LogP contribution in [0.3, 0.4) is 0 Å². The van der Waals surface area contributed by atoms with Crippen LogP contribution in [0.5, 0.6) is 5.75 Å². The molecule has 0 radical (unpaired) electrons. The average molecular weight is 269 g/mol. The molecule has 1 heterocycles. The van der Waals surface area contributed by atoms with E-state index in [-0.39, 0.29) is 11.2 Å². The Kier molecular flexibility index (Phi) is 3.39. The molecule has 98 valence electrons. The van der Waals surface area contributed by atoms with Crippen molar-refractivity contribution in [1.29, 1.82) is 0 Å². The number of halogens is 1. The fraction of sp³-hybridized carbons (Fsp3) is 0.538. The largest absolute Gasteiger partial charge is 0.498 e. The molecule has 0 aromatic heterocycles. The predicted octanol–water partition coefficient (Wildman–Crippen LogP) is 2.65. The Hall–Kier alpha value is -0.705. The molecular formula is C13H18BClO3. The normalized spacial score (nSPS) is 21.1. The summed E-state index contributed by atoms with van der Waals surface area (Å²) < 4.78 is 17.3. The molecule has 0 atom stereocenters. The van der Waals surface area contributed by atoms with E-state index in [1.54, 1.807) is 13.2 Å². The summed E-state index contributed by atoms with van der Waals surface area (Å²) >= 11 is 6.11. The van der Waals surface area contributed by atoms with Gasteiger partial charge in [-0.2, -0.15) is 0 Å². The third kappa shape index (κ3) is 2.13. The van der Waals surface area contributed by atoms with Gasteiger partial charge in [-0.3, -0.25) is 0 Å². The van der Waals surface area contributed by atoms with Gasteiger partial charge in [-0.05, 0) is 33.8 Å². The van der Waals surface area contributed by atoms with E-state index in [2.05, 4.69) is 0 Å². The third-order valence-electron chi connectivity index (χ3n) is 3.71. The lowest BCUT2D eigenvalue weighted by molar-refractivity contribution is 0.00578. The fourth-order valence-electron chi connectivity index (χ4n) is 1.90. The minimum Gasteiger partial charge on any atom is -0.496 e. The van der Waals surface area contributed by atoms with Gasteiger partial charge in [0.05, 0.1) is 23.3 Å². The molecule has 0 bridgehead atoms. The van der Waals surface area contributed by atoms with Crippen LogP contribution in [0, 0.1) is 0 Å². The summed E-state index contributed by atoms with van der Waals surface area (Å²) in [5.74, 6) is 0.609. The highest BCUT2D eigenvalue weighted by atomic mass is 35.5. The van der Waals surface area contributed by atoms with Crippen LogP contribution in [0.25, 0.3) is 0 Å². The predicted molar refractivity (Wildman–Crippen MR) is 73.7 cm³/mol. The van der Waals surface area contributed by atoms with E-state index in [1.165, 1.54) is 0 Å². The number of hydrogen-bond donors (Lipinski definition) is 0. The van der Waals surface area contributed by atoms with Gasteiger partial charge in [0.1, 0.15) is 5.75 Å². The second-order valence-corrected chi connectivity index (χ2v) is 5.86. The molecule has 2 rings (SSSR count). The highest BCUT2D eigenvalue weighted by Gasteiger charge is 2.52. The summed E-state index contributed by atoms with van der Waals surface area (Å²) in [7, 11) is 1.14. The molecule has 5 heteroatoms. The molecule has 3 nitrogen and oxygen atoms in total. The Labute approximate surface area is 114 Å². The van der Waals surface area contributed by atoms with Gasteiger partial charge in [0.25, 0.3) is 0 Å². The number of hydrogen-bond acceptors (Lipinski definition) is 3. The van der Waals surface area contributed by atoms with E-state index >= 15 is 0 Å². The quantitative estimate of drug-likeness (QED) is 0.772. The summed E-state index contributed by atoms with van der Waals surface area (Å²) in [4.78, 5) is 0. The van der Waals surface area contributed by atoms with Crippen LogP contribution in [-0.2, 0) is 9.31 Å². The monoisotopic (exact) mass is 268 g/mol. The fourth-order valence-corrected chi connectivity index (χ4v) is 2.16. The molecule has 0 saturated carbocycles. The zero-order chi connectivity index (χ0) is 13.6. The first-order valence-corrected chi connectivity index (χ1v) is 6.34. The first kappa shape index (κ1) is 13.7. The average Bonchev–Trinajstić information content (AvgIpc) is 2.47. The lowest BCUT2D eigenvalue weighted by Gasteiger charge is -2.32. The van der Waals surface area contributed by atoms with Gasteiger partial charge in [0.15, 0.2) is 0 Å². The molecule has 0 N–H and O–H groups in total. The Morgan fingerprint density at radius 1 is 1.11 bits per heavy atom. The van der Waals surface area contributed by atoms with Gasteiger partial charge in [0.2, 0.25) is 0 Å². The van der Waals surface area contributed by atoms with Gasteiger partial charge < -0.3 is 14.0 Å². The summed E-state index contributed by atoms with van der Waals surface area (Å²) in [5, 5.41) is 0.560. The standard InChI is InChI=1S/C13H18BClO3/c1-12(2)13(3,4)18-14(17-12)9-7-6-8-10(15)11(9)16-5/h6-8H,1-5H3. The van der Waals surface area contributed by atoms with Crippen molar-refractivity contribution in [3.05, 3.63) is 23.2 Å². The smallest absolute Gasteiger partial charge is 0.496 e. The van der Waals surface area contributed by atoms with Crippen molar-refractivity contribution in [1.82, 2.24) is 0 Å². The van der Waals surface area contributed by atoms with Gasteiger partial charge in [-0.25, -0.2) is 0 Å². The molecule has 1 aromatic rings. The summed E-state index contributed by atoms with van der Waals surface area (Å²) in [6.45, 7) is 8.07. The van der Waals surface area contributed by atoms with E-state index in [0.29, 0.717) is 10.8 Å². The van der Waals surface area contributed by atoms with Crippen molar-refractivity contribution < 1.29 is 14.0 Å². The van der Waals surface area contributed by atoms with Crippen molar-refractivity contribution in [2.75, 3.05) is 7.11 Å². The van der Waals surface area contributed by atoms with Crippen molar-refractivity contribution >= 4 is 24.2 Å². The van der Waals surface area contributed by atoms with Crippen molar-refractivity contribution in [3.63, 3.8) is 0 Å². The van der Waals surface area contributed by atoms with Crippen LogP contribution < -0.4 is 10.2 Å². The van der Waals surface area contributed by atoms with Crippen LogP contribution in [0.15, 0.2) is 18.2 Å². The molecule has 1 aliphatic rings. The third-order valence-corrected chi connectivity index (χ3v) is 4.01. The first-order chi connectivity index (χ1) is 8.28. The zero-order valence-corrected chi connectivity index (χ0v) is 12.2. The Morgan fingerprint density at radius 3 is 2.17 bits per heavy atom. The molecule has 1 aromatic carbocycles. The minimum atomic E-state index is -0.455. The van der Waals surface area contributed by atoms with Crippen LogP contribution in [0.1, 0.15) is 27.7 Å². The van der Waals surface area contributed by atoms with Crippen LogP contribution in [0.4, 0.5) is 0 Å². The second kappa shape index (κ2) is 4.44. The van der Waals surface area contributed by atoms with E-state index in [0.717, 1.165) is 5.46 Å². The Balaban J connectivity index is 2.38. The number of methoxy groups -OCH3 is 1. The summed E-state index contributed by atoms with van der Waals surface area (Å²) in [6.07, 6.45) is 0. The SMILES string of the molecule is COc1c(Cl)cccc1B1OC(C)(C)C(C)(C)O1. The molecular weight excluding hydrogens is 250 g/mol. The van der Waals surface area contributed by atoms with Crippen molar-refractivity contribution in [3.8, 4) is 5.75 Å². The topological polar surface area (TPSA) is 27.7 Å². The number of rotatable bonds is 2. The molecule has 0 unspecified atom stereocenters. The Bertz CT molecular complexity index is 444. The second-order valence-electron chi connectivity index (χ2n) is 5.45. The van der Waals surface area contributed by atoms with Crippen LogP contribution in [0.2, 0.25) is 5.02 Å². The van der Waals surface area contributed by atoms with E-state index in [4.69, 9.17) is 25.6 Å². The first-order valence-electron chi connectivity index (χ1n) is 5.96. The maximum absolute atomic E-state index is 6.11. The zero-order valence-electron chi connectivity index (χ0n) is 11.4. The number of benzene rings is 1. The van der Waals surface area contributed by atoms with Gasteiger partial charge >= 0.3 is 7.12 Å². The van der Waals surface area contributed by atoms with Crippen LogP contribution in [-0.4, -0.2) is 25.4 Å². The van der Waals surface area contributed by atoms with E-state index in [9.17, 15) is 0 Å². The Morgan fingerprint density at radius 2 is 1.67 bits per heavy atom. The molecule has 1 saturated heterocycles. The summed E-state index contributed by atoms with van der Waals surface area (Å²) in [5.41, 5.74) is 0.0827. The molecule has 0 aliphatic carbocycles.